The van der Waals surface area contributed by atoms with Gasteiger partial charge in [0.15, 0.2) is 0 Å². The number of carbonyl (C=O) groups excluding carboxylic acids is 1. The fraction of sp³-hybridized carbons (Fsp3) is 0.667. The quantitative estimate of drug-likeness (QED) is 0.794. The van der Waals surface area contributed by atoms with Gasteiger partial charge < -0.3 is 20.0 Å². The van der Waals surface area contributed by atoms with E-state index in [-0.39, 0.29) is 17.9 Å². The second-order valence-corrected chi connectivity index (χ2v) is 6.58. The van der Waals surface area contributed by atoms with Gasteiger partial charge in [0.25, 0.3) is 0 Å². The number of aromatic nitrogens is 2. The normalized spacial score (nSPS) is 23.4. The third kappa shape index (κ3) is 4.73. The molecule has 0 bridgehead atoms. The van der Waals surface area contributed by atoms with Crippen molar-refractivity contribution in [1.82, 2.24) is 14.7 Å². The van der Waals surface area contributed by atoms with Gasteiger partial charge in [-0.15, -0.1) is 0 Å². The van der Waals surface area contributed by atoms with Gasteiger partial charge in [-0.25, -0.2) is 4.79 Å². The number of nitrogens with zero attached hydrogens (tertiary/aromatic N) is 4. The molecule has 1 unspecified atom stereocenters. The molecule has 0 saturated carbocycles. The van der Waals surface area contributed by atoms with Gasteiger partial charge >= 0.3 is 12.1 Å². The number of aliphatic hydroxyl groups excluding tert-OH is 1. The molecule has 11 heteroatoms. The number of hydrogen-bond donors (Lipinski definition) is 2. The zero-order valence-electron chi connectivity index (χ0n) is 14.2. The van der Waals surface area contributed by atoms with Gasteiger partial charge in [0.2, 0.25) is 5.91 Å². The van der Waals surface area contributed by atoms with Crippen molar-refractivity contribution in [2.24, 2.45) is 12.5 Å². The zero-order valence-corrected chi connectivity index (χ0v) is 14.2. The van der Waals surface area contributed by atoms with Crippen molar-refractivity contribution in [2.75, 3.05) is 37.7 Å². The highest BCUT2D eigenvalue weighted by molar-refractivity contribution is 5.96. The van der Waals surface area contributed by atoms with E-state index in [1.54, 1.807) is 10.9 Å². The van der Waals surface area contributed by atoms with Crippen LogP contribution in [0.3, 0.4) is 0 Å². The number of amides is 1. The Kier molecular flexibility index (Phi) is 5.91. The van der Waals surface area contributed by atoms with Gasteiger partial charge in [-0.05, 0) is 13.0 Å². The molecule has 2 aliphatic rings. The number of carbonyl (C=O) groups is 2. The number of likely N-dealkylation sites (tertiary alicyclic amines) is 1. The number of β-amino-alcohol motifs (C(OH)–C–C–N with tert-alkyl or cyclic N) is 1. The summed E-state index contributed by atoms with van der Waals surface area (Å²) in [5.41, 5.74) is 0.965. The molecule has 0 aliphatic carbocycles. The summed E-state index contributed by atoms with van der Waals surface area (Å²) in [6.45, 7) is 3.57. The van der Waals surface area contributed by atoms with Crippen molar-refractivity contribution in [3.8, 4) is 0 Å². The Labute approximate surface area is 147 Å². The van der Waals surface area contributed by atoms with E-state index < -0.39 is 12.1 Å². The number of aliphatic hydroxyl groups is 1. The lowest BCUT2D eigenvalue weighted by Gasteiger charge is -2.23. The van der Waals surface area contributed by atoms with E-state index in [4.69, 9.17) is 15.0 Å². The lowest BCUT2D eigenvalue weighted by molar-refractivity contribution is -0.192. The minimum Gasteiger partial charge on any atom is -0.475 e. The Morgan fingerprint density at radius 2 is 2.04 bits per heavy atom. The summed E-state index contributed by atoms with van der Waals surface area (Å²) < 4.78 is 33.5. The third-order valence-electron chi connectivity index (χ3n) is 4.50. The van der Waals surface area contributed by atoms with Crippen molar-refractivity contribution in [2.45, 2.75) is 19.0 Å². The molecule has 0 radical (unpaired) electrons. The first-order chi connectivity index (χ1) is 12.1. The molecule has 2 N–H and O–H groups in total. The lowest BCUT2D eigenvalue weighted by atomic mass is 9.86. The van der Waals surface area contributed by atoms with Crippen molar-refractivity contribution >= 4 is 17.6 Å². The monoisotopic (exact) mass is 378 g/mol. The minimum absolute atomic E-state index is 0.0715. The molecule has 1 atom stereocenters. The Balaban J connectivity index is 0.000000298. The summed E-state index contributed by atoms with van der Waals surface area (Å²) in [5, 5.41) is 20.3. The van der Waals surface area contributed by atoms with Crippen molar-refractivity contribution in [1.29, 1.82) is 0 Å². The molecular weight excluding hydrogens is 357 g/mol. The van der Waals surface area contributed by atoms with Crippen molar-refractivity contribution < 1.29 is 33.0 Å². The van der Waals surface area contributed by atoms with Crippen LogP contribution in [0.15, 0.2) is 12.4 Å². The van der Waals surface area contributed by atoms with E-state index in [0.29, 0.717) is 13.0 Å². The number of rotatable bonds is 3. The zero-order chi connectivity index (χ0) is 19.5. The van der Waals surface area contributed by atoms with E-state index >= 15 is 0 Å². The van der Waals surface area contributed by atoms with Crippen LogP contribution in [0.5, 0.6) is 0 Å². The number of hydrogen-bond acceptors (Lipinski definition) is 5. The van der Waals surface area contributed by atoms with E-state index in [9.17, 15) is 18.0 Å². The SMILES string of the molecule is Cn1cc(N2CC3(CCN(CCO)C3)CC2=O)cn1.O=C(O)C(F)(F)F. The molecular formula is C15H21F3N4O4. The highest BCUT2D eigenvalue weighted by Gasteiger charge is 2.47. The second-order valence-electron chi connectivity index (χ2n) is 6.58. The summed E-state index contributed by atoms with van der Waals surface area (Å²) >= 11 is 0. The number of aliphatic carboxylic acids is 1. The summed E-state index contributed by atoms with van der Waals surface area (Å²) in [7, 11) is 1.86. The van der Waals surface area contributed by atoms with Gasteiger partial charge in [-0.1, -0.05) is 0 Å². The lowest BCUT2D eigenvalue weighted by Crippen LogP contribution is -2.32. The fourth-order valence-corrected chi connectivity index (χ4v) is 3.31. The molecule has 1 spiro atoms. The van der Waals surface area contributed by atoms with Gasteiger partial charge in [0.05, 0.1) is 18.5 Å². The maximum absolute atomic E-state index is 12.2. The van der Waals surface area contributed by atoms with E-state index in [1.807, 2.05) is 18.1 Å². The molecule has 2 saturated heterocycles. The van der Waals surface area contributed by atoms with Gasteiger partial charge in [0, 0.05) is 44.7 Å². The second kappa shape index (κ2) is 7.62. The van der Waals surface area contributed by atoms with Crippen molar-refractivity contribution in [3.63, 3.8) is 0 Å². The topological polar surface area (TPSA) is 98.9 Å². The van der Waals surface area contributed by atoms with Crippen LogP contribution in [0.4, 0.5) is 18.9 Å². The number of carboxylic acids is 1. The minimum atomic E-state index is -5.08. The predicted molar refractivity (Wildman–Crippen MR) is 84.4 cm³/mol. The molecule has 26 heavy (non-hydrogen) atoms. The maximum Gasteiger partial charge on any atom is 0.490 e. The average Bonchev–Trinajstić information content (AvgIpc) is 3.20. The molecule has 1 amide bonds. The first-order valence-electron chi connectivity index (χ1n) is 7.99. The van der Waals surface area contributed by atoms with Crippen LogP contribution >= 0.6 is 0 Å². The third-order valence-corrected chi connectivity index (χ3v) is 4.50. The van der Waals surface area contributed by atoms with Crippen LogP contribution in [-0.2, 0) is 16.6 Å². The van der Waals surface area contributed by atoms with Crippen LogP contribution in [0.25, 0.3) is 0 Å². The maximum atomic E-state index is 12.2. The van der Waals surface area contributed by atoms with E-state index in [2.05, 4.69) is 10.00 Å². The molecule has 1 aromatic heterocycles. The molecule has 3 rings (SSSR count). The van der Waals surface area contributed by atoms with Crippen molar-refractivity contribution in [3.05, 3.63) is 12.4 Å². The molecule has 2 aliphatic heterocycles. The van der Waals surface area contributed by atoms with Crippen LogP contribution in [-0.4, -0.2) is 75.7 Å². The summed E-state index contributed by atoms with van der Waals surface area (Å²) in [6, 6.07) is 0. The molecule has 1 aromatic rings. The van der Waals surface area contributed by atoms with Crippen LogP contribution in [0, 0.1) is 5.41 Å². The average molecular weight is 378 g/mol. The molecule has 2 fully saturated rings. The van der Waals surface area contributed by atoms with Gasteiger partial charge in [0.1, 0.15) is 0 Å². The Hall–Kier alpha value is -2.14. The highest BCUT2D eigenvalue weighted by Crippen LogP contribution is 2.41. The molecule has 0 aromatic carbocycles. The van der Waals surface area contributed by atoms with E-state index in [0.717, 1.165) is 31.7 Å². The Morgan fingerprint density at radius 1 is 1.38 bits per heavy atom. The van der Waals surface area contributed by atoms with Crippen LogP contribution < -0.4 is 4.90 Å². The van der Waals surface area contributed by atoms with E-state index in [1.165, 1.54) is 0 Å². The van der Waals surface area contributed by atoms with Crippen LogP contribution in [0.1, 0.15) is 12.8 Å². The first kappa shape index (κ1) is 20.2. The number of alkyl halides is 3. The van der Waals surface area contributed by atoms with Gasteiger partial charge in [-0.3, -0.25) is 9.48 Å². The standard InChI is InChI=1S/C13H20N4O2.C2HF3O2/c1-15-8-11(7-14-15)17-10-13(6-12(17)19)2-3-16(9-13)4-5-18;3-2(4,5)1(6)7/h7-8,18H,2-6,9-10H2,1H3;(H,6,7). The molecule has 3 heterocycles. The Bertz CT molecular complexity index is 664. The highest BCUT2D eigenvalue weighted by atomic mass is 19.4. The predicted octanol–water partition coefficient (Wildman–Crippen LogP) is 0.475. The largest absolute Gasteiger partial charge is 0.490 e. The first-order valence-corrected chi connectivity index (χ1v) is 7.99. The smallest absolute Gasteiger partial charge is 0.475 e. The number of anilines is 1. The van der Waals surface area contributed by atoms with Crippen LogP contribution in [0.2, 0.25) is 0 Å². The van der Waals surface area contributed by atoms with Gasteiger partial charge in [-0.2, -0.15) is 18.3 Å². The fourth-order valence-electron chi connectivity index (χ4n) is 3.31. The summed E-state index contributed by atoms with van der Waals surface area (Å²) in [4.78, 5) is 25.2. The summed E-state index contributed by atoms with van der Waals surface area (Å²) in [5.74, 6) is -2.56. The number of halogens is 3. The number of carboxylic acid groups (broad SMARTS) is 1. The molecule has 8 nitrogen and oxygen atoms in total. The Morgan fingerprint density at radius 3 is 2.54 bits per heavy atom. The number of aryl methyl sites for hydroxylation is 1. The molecule has 146 valence electrons. The summed E-state index contributed by atoms with van der Waals surface area (Å²) in [6.07, 6.45) is 0.202.